The van der Waals surface area contributed by atoms with Crippen molar-refractivity contribution in [1.82, 2.24) is 4.90 Å². The van der Waals surface area contributed by atoms with Gasteiger partial charge in [0.2, 0.25) is 0 Å². The van der Waals surface area contributed by atoms with Crippen LogP contribution in [0.25, 0.3) is 0 Å². The minimum absolute atomic E-state index is 0.184. The van der Waals surface area contributed by atoms with E-state index in [2.05, 4.69) is 39.6 Å². The fourth-order valence-corrected chi connectivity index (χ4v) is 7.28. The molecule has 0 bridgehead atoms. The van der Waals surface area contributed by atoms with E-state index in [1.54, 1.807) is 0 Å². The van der Waals surface area contributed by atoms with E-state index in [0.717, 1.165) is 43.6 Å². The molecule has 1 aliphatic heterocycles. The molecule has 3 fully saturated rings. The summed E-state index contributed by atoms with van der Waals surface area (Å²) in [7, 11) is 2.23. The molecule has 3 heteroatoms. The zero-order valence-electron chi connectivity index (χ0n) is 17.4. The smallest absolute Gasteiger partial charge is 0.157 e. The third kappa shape index (κ3) is 2.60. The van der Waals surface area contributed by atoms with Crippen LogP contribution < -0.4 is 0 Å². The third-order valence-electron chi connectivity index (χ3n) is 8.76. The van der Waals surface area contributed by atoms with E-state index in [-0.39, 0.29) is 5.41 Å². The fraction of sp³-hybridized carbons (Fsp3) is 0.870. The number of carbonyl (C=O) groups is 1. The van der Waals surface area contributed by atoms with Crippen LogP contribution in [-0.4, -0.2) is 36.5 Å². The molecule has 0 aromatic carbocycles. The Labute approximate surface area is 159 Å². The van der Waals surface area contributed by atoms with Crippen LogP contribution in [0, 0.1) is 28.6 Å². The first kappa shape index (κ1) is 18.5. The van der Waals surface area contributed by atoms with E-state index in [1.807, 2.05) is 6.08 Å². The second-order valence-electron chi connectivity index (χ2n) is 10.2. The Morgan fingerprint density at radius 3 is 2.77 bits per heavy atom. The number of allylic oxidation sites excluding steroid dienone is 2. The van der Waals surface area contributed by atoms with Crippen molar-refractivity contribution in [3.63, 3.8) is 0 Å². The second kappa shape index (κ2) is 6.36. The van der Waals surface area contributed by atoms with Gasteiger partial charge in [-0.15, -0.1) is 0 Å². The zero-order valence-corrected chi connectivity index (χ0v) is 17.4. The molecule has 0 N–H and O–H groups in total. The highest BCUT2D eigenvalue weighted by molar-refractivity contribution is 5.91. The minimum atomic E-state index is 0.184. The van der Waals surface area contributed by atoms with Crippen molar-refractivity contribution in [3.05, 3.63) is 11.8 Å². The van der Waals surface area contributed by atoms with Crippen LogP contribution in [0.15, 0.2) is 11.8 Å². The summed E-state index contributed by atoms with van der Waals surface area (Å²) in [6.45, 7) is 10.5. The zero-order chi connectivity index (χ0) is 18.7. The number of piperidine rings is 1. The Hall–Kier alpha value is -0.830. The molecule has 4 aliphatic rings. The topological polar surface area (TPSA) is 29.5 Å². The van der Waals surface area contributed by atoms with E-state index in [4.69, 9.17) is 4.74 Å². The van der Waals surface area contributed by atoms with Gasteiger partial charge in [-0.3, -0.25) is 4.79 Å². The standard InChI is InChI=1S/C23H37NO2/c1-6-11-26-17-13-19-21-15(2)24(5)20-12-16(25)7-10-23(20,4)18(21)8-9-22(19,3)14-17/h12,15,17-19,21H,6-11,13-14H2,1-5H3/t15?,17?,18-,19+,21-,22-,23-/m1/s1. The van der Waals surface area contributed by atoms with E-state index < -0.39 is 0 Å². The number of ketones is 1. The molecule has 0 aromatic heterocycles. The molecule has 0 spiro atoms. The number of nitrogens with zero attached hydrogens (tertiary/aromatic N) is 1. The minimum Gasteiger partial charge on any atom is -0.378 e. The number of hydrogen-bond acceptors (Lipinski definition) is 3. The Morgan fingerprint density at radius 1 is 1.27 bits per heavy atom. The summed E-state index contributed by atoms with van der Waals surface area (Å²) in [5.41, 5.74) is 1.95. The molecule has 3 aliphatic carbocycles. The lowest BCUT2D eigenvalue weighted by atomic mass is 9.49. The monoisotopic (exact) mass is 359 g/mol. The van der Waals surface area contributed by atoms with Gasteiger partial charge < -0.3 is 9.64 Å². The SMILES string of the molecule is CCCOC1C[C@H]2[C@@H]3C(C)N(C)C4=CC(=O)CC[C@]4(C)[C@@H]3CC[C@]2(C)C1. The molecule has 1 heterocycles. The van der Waals surface area contributed by atoms with Gasteiger partial charge in [-0.25, -0.2) is 0 Å². The summed E-state index contributed by atoms with van der Waals surface area (Å²) in [6.07, 6.45) is 10.5. The van der Waals surface area contributed by atoms with Gasteiger partial charge in [-0.2, -0.15) is 0 Å². The number of hydrogen-bond donors (Lipinski definition) is 0. The van der Waals surface area contributed by atoms with Gasteiger partial charge in [0.25, 0.3) is 0 Å². The molecule has 26 heavy (non-hydrogen) atoms. The van der Waals surface area contributed by atoms with Crippen LogP contribution in [0.3, 0.4) is 0 Å². The molecule has 7 atom stereocenters. The van der Waals surface area contributed by atoms with Gasteiger partial charge >= 0.3 is 0 Å². The Bertz CT molecular complexity index is 613. The molecule has 146 valence electrons. The lowest BCUT2D eigenvalue weighted by Gasteiger charge is -2.62. The van der Waals surface area contributed by atoms with E-state index in [0.29, 0.717) is 23.3 Å². The predicted octanol–water partition coefficient (Wildman–Crippen LogP) is 4.81. The van der Waals surface area contributed by atoms with Crippen molar-refractivity contribution < 1.29 is 9.53 Å². The van der Waals surface area contributed by atoms with Crippen molar-refractivity contribution in [1.29, 1.82) is 0 Å². The molecule has 0 amide bonds. The Balaban J connectivity index is 1.67. The molecule has 4 rings (SSSR count). The fourth-order valence-electron chi connectivity index (χ4n) is 7.28. The summed E-state index contributed by atoms with van der Waals surface area (Å²) in [5.74, 6) is 2.53. The van der Waals surface area contributed by atoms with Crippen LogP contribution in [0.2, 0.25) is 0 Å². The summed E-state index contributed by atoms with van der Waals surface area (Å²) < 4.78 is 6.23. The average molecular weight is 360 g/mol. The second-order valence-corrected chi connectivity index (χ2v) is 10.2. The van der Waals surface area contributed by atoms with Crippen LogP contribution in [0.4, 0.5) is 0 Å². The van der Waals surface area contributed by atoms with Crippen LogP contribution in [0.1, 0.15) is 72.6 Å². The lowest BCUT2D eigenvalue weighted by Crippen LogP contribution is -2.60. The first-order valence-corrected chi connectivity index (χ1v) is 10.9. The molecule has 1 saturated heterocycles. The molecular formula is C23H37NO2. The van der Waals surface area contributed by atoms with Crippen molar-refractivity contribution in [3.8, 4) is 0 Å². The largest absolute Gasteiger partial charge is 0.378 e. The van der Waals surface area contributed by atoms with Gasteiger partial charge in [0, 0.05) is 43.3 Å². The van der Waals surface area contributed by atoms with Crippen molar-refractivity contribution in [2.45, 2.75) is 84.8 Å². The normalized spacial score (nSPS) is 47.9. The molecule has 0 radical (unpaired) electrons. The summed E-state index contributed by atoms with van der Waals surface area (Å²) >= 11 is 0. The highest BCUT2D eigenvalue weighted by atomic mass is 16.5. The number of fused-ring (bicyclic) bond motifs is 5. The maximum absolute atomic E-state index is 12.1. The number of ether oxygens (including phenoxy) is 1. The first-order chi connectivity index (χ1) is 12.3. The third-order valence-corrected chi connectivity index (χ3v) is 8.76. The van der Waals surface area contributed by atoms with Gasteiger partial charge in [-0.1, -0.05) is 20.8 Å². The number of carbonyl (C=O) groups excluding carboxylic acids is 1. The maximum atomic E-state index is 12.1. The predicted molar refractivity (Wildman–Crippen MR) is 105 cm³/mol. The quantitative estimate of drug-likeness (QED) is 0.724. The summed E-state index contributed by atoms with van der Waals surface area (Å²) in [6, 6.07) is 0.514. The highest BCUT2D eigenvalue weighted by Gasteiger charge is 2.61. The van der Waals surface area contributed by atoms with Crippen LogP contribution >= 0.6 is 0 Å². The Kier molecular flexibility index (Phi) is 4.53. The number of rotatable bonds is 3. The van der Waals surface area contributed by atoms with Gasteiger partial charge in [0.05, 0.1) is 6.10 Å². The molecule has 3 nitrogen and oxygen atoms in total. The van der Waals surface area contributed by atoms with Gasteiger partial charge in [0.1, 0.15) is 0 Å². The van der Waals surface area contributed by atoms with Crippen LogP contribution in [0.5, 0.6) is 0 Å². The van der Waals surface area contributed by atoms with Crippen molar-refractivity contribution in [2.75, 3.05) is 13.7 Å². The van der Waals surface area contributed by atoms with Crippen molar-refractivity contribution >= 4 is 5.78 Å². The van der Waals surface area contributed by atoms with Crippen molar-refractivity contribution in [2.24, 2.45) is 28.6 Å². The lowest BCUT2D eigenvalue weighted by molar-refractivity contribution is -0.121. The van der Waals surface area contributed by atoms with E-state index in [1.165, 1.54) is 31.4 Å². The summed E-state index contributed by atoms with van der Waals surface area (Å²) in [4.78, 5) is 14.6. The molecule has 0 aromatic rings. The number of likely N-dealkylation sites (tertiary alicyclic amines) is 1. The van der Waals surface area contributed by atoms with Crippen LogP contribution in [-0.2, 0) is 9.53 Å². The van der Waals surface area contributed by atoms with Gasteiger partial charge in [-0.05, 0) is 68.6 Å². The maximum Gasteiger partial charge on any atom is 0.157 e. The van der Waals surface area contributed by atoms with Gasteiger partial charge in [0.15, 0.2) is 5.78 Å². The molecule has 2 unspecified atom stereocenters. The highest BCUT2D eigenvalue weighted by Crippen LogP contribution is 2.65. The Morgan fingerprint density at radius 2 is 2.04 bits per heavy atom. The molecular weight excluding hydrogens is 322 g/mol. The van der Waals surface area contributed by atoms with E-state index >= 15 is 0 Å². The summed E-state index contributed by atoms with van der Waals surface area (Å²) in [5, 5.41) is 0. The van der Waals surface area contributed by atoms with E-state index in [9.17, 15) is 4.79 Å². The molecule has 2 saturated carbocycles. The first-order valence-electron chi connectivity index (χ1n) is 10.9. The average Bonchev–Trinajstić information content (AvgIpc) is 2.95.